The van der Waals surface area contributed by atoms with Crippen molar-refractivity contribution in [1.29, 1.82) is 0 Å². The quantitative estimate of drug-likeness (QED) is 0.812. The number of hydrogen-bond donors (Lipinski definition) is 1. The minimum absolute atomic E-state index is 0.296. The van der Waals surface area contributed by atoms with Crippen LogP contribution in [0.5, 0.6) is 0 Å². The van der Waals surface area contributed by atoms with E-state index in [0.717, 1.165) is 6.07 Å². The van der Waals surface area contributed by atoms with Gasteiger partial charge in [0.1, 0.15) is 5.84 Å². The molecule has 0 aromatic heterocycles. The van der Waals surface area contributed by atoms with Crippen LogP contribution in [0.1, 0.15) is 11.1 Å². The van der Waals surface area contributed by atoms with Crippen LogP contribution < -0.4 is 5.32 Å². The highest BCUT2D eigenvalue weighted by molar-refractivity contribution is 6.31. The average Bonchev–Trinajstić information content (AvgIpc) is 2.69. The van der Waals surface area contributed by atoms with Gasteiger partial charge in [0.05, 0.1) is 17.1 Å². The summed E-state index contributed by atoms with van der Waals surface area (Å²) < 4.78 is 37.7. The molecule has 86 valence electrons. The summed E-state index contributed by atoms with van der Waals surface area (Å²) in [5.41, 5.74) is -0.419. The average molecular weight is 249 g/mol. The molecule has 0 unspecified atom stereocenters. The van der Waals surface area contributed by atoms with Gasteiger partial charge >= 0.3 is 6.18 Å². The molecule has 0 aliphatic carbocycles. The highest BCUT2D eigenvalue weighted by Crippen LogP contribution is 2.35. The highest BCUT2D eigenvalue weighted by Gasteiger charge is 2.33. The first-order valence-electron chi connectivity index (χ1n) is 4.64. The molecule has 0 atom stereocenters. The molecule has 0 amide bonds. The van der Waals surface area contributed by atoms with E-state index in [2.05, 4.69) is 10.3 Å². The van der Waals surface area contributed by atoms with Crippen molar-refractivity contribution in [1.82, 2.24) is 5.32 Å². The molecule has 1 aromatic carbocycles. The molecule has 0 saturated carbocycles. The van der Waals surface area contributed by atoms with Crippen LogP contribution in [0.25, 0.3) is 0 Å². The van der Waals surface area contributed by atoms with Crippen LogP contribution >= 0.6 is 11.6 Å². The zero-order valence-corrected chi connectivity index (χ0v) is 8.86. The predicted octanol–water partition coefficient (Wildman–Crippen LogP) is 2.71. The maximum atomic E-state index is 12.6. The second kappa shape index (κ2) is 3.97. The number of aliphatic imine (C=N–C) groups is 1. The van der Waals surface area contributed by atoms with Gasteiger partial charge in [-0.2, -0.15) is 13.2 Å². The molecular formula is C10H8ClF3N2. The molecule has 1 aliphatic heterocycles. The number of rotatable bonds is 1. The summed E-state index contributed by atoms with van der Waals surface area (Å²) in [6.07, 6.45) is -4.44. The smallest absolute Gasteiger partial charge is 0.368 e. The Bertz CT molecular complexity index is 440. The molecule has 0 bridgehead atoms. The Kier molecular flexibility index (Phi) is 2.80. The van der Waals surface area contributed by atoms with E-state index in [9.17, 15) is 13.2 Å². The summed E-state index contributed by atoms with van der Waals surface area (Å²) in [7, 11) is 0. The first kappa shape index (κ1) is 11.3. The zero-order valence-electron chi connectivity index (χ0n) is 8.11. The van der Waals surface area contributed by atoms with E-state index in [1.165, 1.54) is 12.1 Å². The van der Waals surface area contributed by atoms with Crippen LogP contribution in [0.4, 0.5) is 13.2 Å². The first-order chi connectivity index (χ1) is 7.48. The normalized spacial score (nSPS) is 15.9. The lowest BCUT2D eigenvalue weighted by Crippen LogP contribution is -2.20. The molecule has 1 N–H and O–H groups in total. The Morgan fingerprint density at radius 2 is 2.06 bits per heavy atom. The summed E-state index contributed by atoms with van der Waals surface area (Å²) in [6.45, 7) is 1.23. The van der Waals surface area contributed by atoms with Gasteiger partial charge < -0.3 is 5.32 Å². The number of alkyl halides is 3. The van der Waals surface area contributed by atoms with Crippen LogP contribution in [0.3, 0.4) is 0 Å². The van der Waals surface area contributed by atoms with Gasteiger partial charge in [0.25, 0.3) is 0 Å². The molecule has 1 heterocycles. The Morgan fingerprint density at radius 3 is 2.62 bits per heavy atom. The van der Waals surface area contributed by atoms with Crippen molar-refractivity contribution in [3.05, 3.63) is 34.3 Å². The summed E-state index contributed by atoms with van der Waals surface area (Å²) in [5, 5.41) is 2.61. The van der Waals surface area contributed by atoms with Gasteiger partial charge in [0, 0.05) is 12.1 Å². The van der Waals surface area contributed by atoms with Crippen LogP contribution in [0, 0.1) is 0 Å². The van der Waals surface area contributed by atoms with E-state index < -0.39 is 11.7 Å². The standard InChI is InChI=1S/C10H8ClF3N2/c11-8-2-1-6(9-15-3-4-16-9)5-7(8)10(12,13)14/h1-2,5H,3-4H2,(H,15,16). The van der Waals surface area contributed by atoms with Crippen molar-refractivity contribution >= 4 is 17.4 Å². The molecule has 6 heteroatoms. The summed E-state index contributed by atoms with van der Waals surface area (Å²) in [5.74, 6) is 0.488. The topological polar surface area (TPSA) is 24.4 Å². The minimum Gasteiger partial charge on any atom is -0.368 e. The van der Waals surface area contributed by atoms with Crippen molar-refractivity contribution in [3.8, 4) is 0 Å². The van der Waals surface area contributed by atoms with E-state index in [0.29, 0.717) is 24.5 Å². The molecule has 0 fully saturated rings. The number of amidine groups is 1. The fourth-order valence-electron chi connectivity index (χ4n) is 1.48. The second-order valence-electron chi connectivity index (χ2n) is 3.35. The maximum absolute atomic E-state index is 12.6. The van der Waals surface area contributed by atoms with Gasteiger partial charge in [-0.1, -0.05) is 11.6 Å². The van der Waals surface area contributed by atoms with Gasteiger partial charge in [0.2, 0.25) is 0 Å². The van der Waals surface area contributed by atoms with Crippen LogP contribution in [0.2, 0.25) is 5.02 Å². The minimum atomic E-state index is -4.44. The van der Waals surface area contributed by atoms with E-state index in [-0.39, 0.29) is 5.02 Å². The lowest BCUT2D eigenvalue weighted by atomic mass is 10.1. The first-order valence-corrected chi connectivity index (χ1v) is 5.02. The molecule has 0 radical (unpaired) electrons. The van der Waals surface area contributed by atoms with Crippen molar-refractivity contribution < 1.29 is 13.2 Å². The molecule has 1 aliphatic rings. The monoisotopic (exact) mass is 248 g/mol. The SMILES string of the molecule is FC(F)(F)c1cc(C2=NCCN2)ccc1Cl. The maximum Gasteiger partial charge on any atom is 0.417 e. The van der Waals surface area contributed by atoms with E-state index in [1.54, 1.807) is 0 Å². The van der Waals surface area contributed by atoms with Gasteiger partial charge in [-0.05, 0) is 18.2 Å². The lowest BCUT2D eigenvalue weighted by Gasteiger charge is -2.11. The van der Waals surface area contributed by atoms with Gasteiger partial charge in [-0.25, -0.2) is 0 Å². The largest absolute Gasteiger partial charge is 0.417 e. The van der Waals surface area contributed by atoms with Crippen LogP contribution in [0.15, 0.2) is 23.2 Å². The highest BCUT2D eigenvalue weighted by atomic mass is 35.5. The van der Waals surface area contributed by atoms with E-state index >= 15 is 0 Å². The van der Waals surface area contributed by atoms with Crippen LogP contribution in [-0.2, 0) is 6.18 Å². The third-order valence-electron chi connectivity index (χ3n) is 2.22. The van der Waals surface area contributed by atoms with Crippen LogP contribution in [-0.4, -0.2) is 18.9 Å². The lowest BCUT2D eigenvalue weighted by molar-refractivity contribution is -0.137. The Labute approximate surface area is 95.1 Å². The molecule has 0 spiro atoms. The van der Waals surface area contributed by atoms with Gasteiger partial charge in [-0.15, -0.1) is 0 Å². The molecule has 1 aromatic rings. The number of halogens is 4. The number of hydrogen-bond acceptors (Lipinski definition) is 2. The van der Waals surface area contributed by atoms with Gasteiger partial charge in [0.15, 0.2) is 0 Å². The third-order valence-corrected chi connectivity index (χ3v) is 2.55. The van der Waals surface area contributed by atoms with Crippen molar-refractivity contribution in [2.24, 2.45) is 4.99 Å². The van der Waals surface area contributed by atoms with Crippen molar-refractivity contribution in [3.63, 3.8) is 0 Å². The fraction of sp³-hybridized carbons (Fsp3) is 0.300. The molecule has 16 heavy (non-hydrogen) atoms. The Hall–Kier alpha value is -1.23. The third kappa shape index (κ3) is 2.14. The van der Waals surface area contributed by atoms with Crippen molar-refractivity contribution in [2.45, 2.75) is 6.18 Å². The summed E-state index contributed by atoms with van der Waals surface area (Å²) in [6, 6.07) is 3.77. The second-order valence-corrected chi connectivity index (χ2v) is 3.76. The number of nitrogens with zero attached hydrogens (tertiary/aromatic N) is 1. The number of benzene rings is 1. The molecule has 0 saturated heterocycles. The molecular weight excluding hydrogens is 241 g/mol. The van der Waals surface area contributed by atoms with Crippen molar-refractivity contribution in [2.75, 3.05) is 13.1 Å². The summed E-state index contributed by atoms with van der Waals surface area (Å²) in [4.78, 5) is 4.05. The zero-order chi connectivity index (χ0) is 11.8. The summed E-state index contributed by atoms with van der Waals surface area (Å²) >= 11 is 5.51. The fourth-order valence-corrected chi connectivity index (χ4v) is 1.71. The van der Waals surface area contributed by atoms with Gasteiger partial charge in [-0.3, -0.25) is 4.99 Å². The van der Waals surface area contributed by atoms with E-state index in [4.69, 9.17) is 11.6 Å². The Morgan fingerprint density at radius 1 is 1.31 bits per heavy atom. The molecule has 2 rings (SSSR count). The molecule has 2 nitrogen and oxygen atoms in total. The van der Waals surface area contributed by atoms with E-state index in [1.807, 2.05) is 0 Å². The number of nitrogens with one attached hydrogen (secondary N) is 1. The Balaban J connectivity index is 2.43. The predicted molar refractivity (Wildman–Crippen MR) is 55.9 cm³/mol.